The van der Waals surface area contributed by atoms with Gasteiger partial charge >= 0.3 is 0 Å². The largest absolute Gasteiger partial charge is 0.395 e. The first-order chi connectivity index (χ1) is 9.55. The molecule has 0 saturated heterocycles. The molecule has 1 aromatic rings. The summed E-state index contributed by atoms with van der Waals surface area (Å²) >= 11 is 5.77. The zero-order valence-corrected chi connectivity index (χ0v) is 13.9. The van der Waals surface area contributed by atoms with Crippen molar-refractivity contribution in [3.63, 3.8) is 0 Å². The second-order valence-corrected chi connectivity index (χ2v) is 8.26. The van der Waals surface area contributed by atoms with E-state index in [0.29, 0.717) is 6.42 Å². The van der Waals surface area contributed by atoms with Gasteiger partial charge in [-0.1, -0.05) is 32.4 Å². The van der Waals surface area contributed by atoms with Crippen molar-refractivity contribution < 1.29 is 17.9 Å². The fraction of sp³-hybridized carbons (Fsp3) is 0.571. The Morgan fingerprint density at radius 1 is 1.38 bits per heavy atom. The van der Waals surface area contributed by atoms with Gasteiger partial charge in [-0.15, -0.1) is 0 Å². The lowest BCUT2D eigenvalue weighted by atomic mass is 9.89. The predicted molar refractivity (Wildman–Crippen MR) is 81.3 cm³/mol. The van der Waals surface area contributed by atoms with Gasteiger partial charge in [-0.3, -0.25) is 0 Å². The highest BCUT2D eigenvalue weighted by molar-refractivity contribution is 7.89. The van der Waals surface area contributed by atoms with Gasteiger partial charge in [-0.25, -0.2) is 17.5 Å². The molecule has 0 unspecified atom stereocenters. The number of rotatable bonds is 6. The molecule has 0 saturated carbocycles. The molecule has 1 rings (SSSR count). The number of halogens is 2. The molecule has 0 amide bonds. The van der Waals surface area contributed by atoms with Gasteiger partial charge in [0.1, 0.15) is 10.7 Å². The van der Waals surface area contributed by atoms with Crippen molar-refractivity contribution in [2.24, 2.45) is 5.41 Å². The maximum absolute atomic E-state index is 13.0. The van der Waals surface area contributed by atoms with E-state index in [1.165, 1.54) is 0 Å². The van der Waals surface area contributed by atoms with Crippen molar-refractivity contribution in [2.75, 3.05) is 6.61 Å². The van der Waals surface area contributed by atoms with Crippen molar-refractivity contribution in [1.82, 2.24) is 4.72 Å². The highest BCUT2D eigenvalue weighted by Crippen LogP contribution is 2.24. The molecule has 120 valence electrons. The molecule has 0 fully saturated rings. The topological polar surface area (TPSA) is 66.4 Å². The third-order valence-electron chi connectivity index (χ3n) is 2.97. The quantitative estimate of drug-likeness (QED) is 0.838. The summed E-state index contributed by atoms with van der Waals surface area (Å²) in [5, 5.41) is 9.14. The fourth-order valence-electron chi connectivity index (χ4n) is 1.77. The highest BCUT2D eigenvalue weighted by Gasteiger charge is 2.23. The number of aliphatic hydroxyl groups excluding tert-OH is 1. The van der Waals surface area contributed by atoms with Crippen LogP contribution in [0.3, 0.4) is 0 Å². The first-order valence-electron chi connectivity index (χ1n) is 6.63. The molecule has 0 radical (unpaired) electrons. The van der Waals surface area contributed by atoms with Crippen molar-refractivity contribution in [2.45, 2.75) is 44.6 Å². The average Bonchev–Trinajstić information content (AvgIpc) is 2.32. The lowest BCUT2D eigenvalue weighted by Crippen LogP contribution is -2.38. The van der Waals surface area contributed by atoms with Crippen LogP contribution in [0.5, 0.6) is 0 Å². The van der Waals surface area contributed by atoms with Crippen molar-refractivity contribution in [3.05, 3.63) is 29.0 Å². The van der Waals surface area contributed by atoms with Crippen molar-refractivity contribution in [1.29, 1.82) is 0 Å². The van der Waals surface area contributed by atoms with Crippen LogP contribution < -0.4 is 4.72 Å². The van der Waals surface area contributed by atoms with Gasteiger partial charge in [0, 0.05) is 6.04 Å². The maximum Gasteiger partial charge on any atom is 0.242 e. The number of aliphatic hydroxyl groups is 1. The second-order valence-electron chi connectivity index (χ2n) is 6.17. The van der Waals surface area contributed by atoms with E-state index in [1.807, 2.05) is 20.8 Å². The molecule has 2 N–H and O–H groups in total. The number of hydrogen-bond acceptors (Lipinski definition) is 3. The summed E-state index contributed by atoms with van der Waals surface area (Å²) in [4.78, 5) is -0.195. The lowest BCUT2D eigenvalue weighted by molar-refractivity contribution is 0.233. The van der Waals surface area contributed by atoms with Crippen molar-refractivity contribution in [3.8, 4) is 0 Å². The van der Waals surface area contributed by atoms with Crippen molar-refractivity contribution >= 4 is 21.6 Å². The van der Waals surface area contributed by atoms with Crippen LogP contribution in [0, 0.1) is 11.2 Å². The summed E-state index contributed by atoms with van der Waals surface area (Å²) in [6.07, 6.45) is 1.25. The SMILES string of the molecule is CC(C)(C)CC[C@H](CO)NS(=O)(=O)c1ccc(F)cc1Cl. The molecule has 7 heteroatoms. The van der Waals surface area contributed by atoms with Crippen LogP contribution in [-0.4, -0.2) is 26.2 Å². The predicted octanol–water partition coefficient (Wildman–Crippen LogP) is 2.94. The molecule has 0 aliphatic carbocycles. The molecule has 0 heterocycles. The minimum absolute atomic E-state index is 0.0341. The molecule has 0 aliphatic heterocycles. The first kappa shape index (κ1) is 18.4. The molecular formula is C14H21ClFNO3S. The van der Waals surface area contributed by atoms with Crippen LogP contribution >= 0.6 is 11.6 Å². The van der Waals surface area contributed by atoms with Gasteiger partial charge in [0.05, 0.1) is 11.6 Å². The van der Waals surface area contributed by atoms with E-state index in [4.69, 9.17) is 11.6 Å². The van der Waals surface area contributed by atoms with E-state index in [9.17, 15) is 17.9 Å². The third kappa shape index (κ3) is 5.90. The normalized spacial score (nSPS) is 14.2. The summed E-state index contributed by atoms with van der Waals surface area (Å²) in [5.41, 5.74) is 0.0341. The number of hydrogen-bond donors (Lipinski definition) is 2. The molecular weight excluding hydrogens is 317 g/mol. The standard InChI is InChI=1S/C14H21ClFNO3S/c1-14(2,3)7-6-11(9-18)17-21(19,20)13-5-4-10(16)8-12(13)15/h4-5,8,11,17-18H,6-7,9H2,1-3H3/t11-/m1/s1. The molecule has 1 atom stereocenters. The number of benzene rings is 1. The van der Waals surface area contributed by atoms with Gasteiger partial charge in [0.2, 0.25) is 10.0 Å². The second kappa shape index (κ2) is 7.05. The Balaban J connectivity index is 2.87. The molecule has 0 bridgehead atoms. The van der Waals surface area contributed by atoms with Gasteiger partial charge < -0.3 is 5.11 Å². The zero-order valence-electron chi connectivity index (χ0n) is 12.4. The van der Waals surface area contributed by atoms with Crippen LogP contribution in [0.1, 0.15) is 33.6 Å². The smallest absolute Gasteiger partial charge is 0.242 e. The van der Waals surface area contributed by atoms with Crippen LogP contribution in [0.4, 0.5) is 4.39 Å². The Morgan fingerprint density at radius 2 is 2.00 bits per heavy atom. The zero-order chi connectivity index (χ0) is 16.3. The summed E-state index contributed by atoms with van der Waals surface area (Å²) in [7, 11) is -3.90. The summed E-state index contributed by atoms with van der Waals surface area (Å²) < 4.78 is 39.8. The Morgan fingerprint density at radius 3 is 2.48 bits per heavy atom. The Bertz CT molecular complexity index is 584. The first-order valence-corrected chi connectivity index (χ1v) is 8.49. The van der Waals surface area contributed by atoms with Crippen LogP contribution in [0.15, 0.2) is 23.1 Å². The Kier molecular flexibility index (Phi) is 6.16. The lowest BCUT2D eigenvalue weighted by Gasteiger charge is -2.22. The van der Waals surface area contributed by atoms with Gasteiger partial charge in [-0.2, -0.15) is 0 Å². The van der Waals surface area contributed by atoms with Crippen LogP contribution in [-0.2, 0) is 10.0 Å². The minimum atomic E-state index is -3.90. The number of sulfonamides is 1. The van der Waals surface area contributed by atoms with E-state index >= 15 is 0 Å². The maximum atomic E-state index is 13.0. The fourth-order valence-corrected chi connectivity index (χ4v) is 3.56. The molecule has 0 aliphatic rings. The molecule has 1 aromatic carbocycles. The summed E-state index contributed by atoms with van der Waals surface area (Å²) in [6.45, 7) is 5.79. The summed E-state index contributed by atoms with van der Waals surface area (Å²) in [5.74, 6) is -0.606. The Labute approximate surface area is 130 Å². The van der Waals surface area contributed by atoms with Crippen LogP contribution in [0.25, 0.3) is 0 Å². The van der Waals surface area contributed by atoms with Gasteiger partial charge in [-0.05, 0) is 36.5 Å². The molecule has 21 heavy (non-hydrogen) atoms. The van der Waals surface area contributed by atoms with Gasteiger partial charge in [0.25, 0.3) is 0 Å². The van der Waals surface area contributed by atoms with E-state index in [1.54, 1.807) is 0 Å². The van der Waals surface area contributed by atoms with E-state index in [0.717, 1.165) is 24.6 Å². The monoisotopic (exact) mass is 337 g/mol. The average molecular weight is 338 g/mol. The van der Waals surface area contributed by atoms with E-state index in [-0.39, 0.29) is 21.9 Å². The Hall–Kier alpha value is -0.690. The highest BCUT2D eigenvalue weighted by atomic mass is 35.5. The molecule has 0 spiro atoms. The van der Waals surface area contributed by atoms with Gasteiger partial charge in [0.15, 0.2) is 0 Å². The van der Waals surface area contributed by atoms with E-state index < -0.39 is 21.9 Å². The summed E-state index contributed by atoms with van der Waals surface area (Å²) in [6, 6.07) is 2.48. The molecule has 4 nitrogen and oxygen atoms in total. The third-order valence-corrected chi connectivity index (χ3v) is 4.97. The van der Waals surface area contributed by atoms with Crippen LogP contribution in [0.2, 0.25) is 5.02 Å². The minimum Gasteiger partial charge on any atom is -0.395 e. The van der Waals surface area contributed by atoms with E-state index in [2.05, 4.69) is 4.72 Å². The number of nitrogens with one attached hydrogen (secondary N) is 1. The molecule has 0 aromatic heterocycles.